The summed E-state index contributed by atoms with van der Waals surface area (Å²) < 4.78 is 7.80. The van der Waals surface area contributed by atoms with E-state index in [0.29, 0.717) is 5.76 Å². The van der Waals surface area contributed by atoms with Gasteiger partial charge in [0, 0.05) is 29.7 Å². The molecule has 5 rings (SSSR count). The first kappa shape index (κ1) is 13.9. The number of benzene rings is 1. The van der Waals surface area contributed by atoms with Crippen LogP contribution in [-0.4, -0.2) is 21.9 Å². The summed E-state index contributed by atoms with van der Waals surface area (Å²) in [7, 11) is 0. The number of amides is 1. The average Bonchev–Trinajstić information content (AvgIpc) is 3.23. The van der Waals surface area contributed by atoms with E-state index in [1.807, 2.05) is 4.90 Å². The van der Waals surface area contributed by atoms with Crippen molar-refractivity contribution in [1.29, 1.82) is 0 Å². The van der Waals surface area contributed by atoms with Gasteiger partial charge >= 0.3 is 0 Å². The zero-order chi connectivity index (χ0) is 16.3. The standard InChI is InChI=1S/C20H20N2O2/c1-13-7-8-16-15(12-13)14-4-2-5-17-19(14)21(16)9-10-22(17)20(23)18-6-3-11-24-18/h3,6-8,11-12,17H,2,4-5,9-10H2,1H3/t17-/m1/s1. The molecule has 0 saturated heterocycles. The lowest BCUT2D eigenvalue weighted by atomic mass is 9.89. The molecule has 3 aromatic rings. The molecule has 24 heavy (non-hydrogen) atoms. The highest BCUT2D eigenvalue weighted by Gasteiger charge is 2.37. The molecule has 1 aliphatic carbocycles. The lowest BCUT2D eigenvalue weighted by Crippen LogP contribution is -2.43. The third-order valence-corrected chi connectivity index (χ3v) is 5.52. The second-order valence-electron chi connectivity index (χ2n) is 6.92. The lowest BCUT2D eigenvalue weighted by molar-refractivity contribution is 0.0568. The van der Waals surface area contributed by atoms with E-state index < -0.39 is 0 Å². The van der Waals surface area contributed by atoms with Gasteiger partial charge in [0.2, 0.25) is 0 Å². The molecule has 1 aromatic carbocycles. The fraction of sp³-hybridized carbons (Fsp3) is 0.350. The minimum absolute atomic E-state index is 0.0190. The zero-order valence-corrected chi connectivity index (χ0v) is 13.8. The van der Waals surface area contributed by atoms with Crippen molar-refractivity contribution in [3.63, 3.8) is 0 Å². The topological polar surface area (TPSA) is 38.4 Å². The first-order valence-electron chi connectivity index (χ1n) is 8.70. The lowest BCUT2D eigenvalue weighted by Gasteiger charge is -2.39. The van der Waals surface area contributed by atoms with E-state index in [4.69, 9.17) is 4.42 Å². The number of aromatic nitrogens is 1. The van der Waals surface area contributed by atoms with Crippen LogP contribution in [0.25, 0.3) is 10.9 Å². The third kappa shape index (κ3) is 1.83. The Morgan fingerprint density at radius 1 is 1.25 bits per heavy atom. The van der Waals surface area contributed by atoms with Crippen molar-refractivity contribution in [2.45, 2.75) is 38.8 Å². The number of carbonyl (C=O) groups excluding carboxylic acids is 1. The molecule has 0 spiro atoms. The van der Waals surface area contributed by atoms with Crippen LogP contribution in [0.1, 0.15) is 46.3 Å². The van der Waals surface area contributed by atoms with Gasteiger partial charge in [-0.15, -0.1) is 0 Å². The van der Waals surface area contributed by atoms with Crippen LogP contribution >= 0.6 is 0 Å². The predicted octanol–water partition coefficient (Wildman–Crippen LogP) is 4.08. The minimum atomic E-state index is 0.0190. The van der Waals surface area contributed by atoms with Gasteiger partial charge in [-0.2, -0.15) is 0 Å². The Balaban J connectivity index is 1.66. The average molecular weight is 320 g/mol. The van der Waals surface area contributed by atoms with Crippen LogP contribution < -0.4 is 0 Å². The third-order valence-electron chi connectivity index (χ3n) is 5.52. The molecule has 0 bridgehead atoms. The first-order chi connectivity index (χ1) is 11.7. The highest BCUT2D eigenvalue weighted by Crippen LogP contribution is 2.43. The molecule has 122 valence electrons. The van der Waals surface area contributed by atoms with Gasteiger partial charge in [-0.1, -0.05) is 11.6 Å². The van der Waals surface area contributed by atoms with Crippen LogP contribution in [0.15, 0.2) is 41.0 Å². The first-order valence-corrected chi connectivity index (χ1v) is 8.70. The van der Waals surface area contributed by atoms with Gasteiger partial charge in [0.1, 0.15) is 0 Å². The van der Waals surface area contributed by atoms with Gasteiger partial charge < -0.3 is 13.9 Å². The van der Waals surface area contributed by atoms with Crippen molar-refractivity contribution < 1.29 is 9.21 Å². The SMILES string of the molecule is Cc1ccc2c(c1)c1c3n2CCN(C(=O)c2ccco2)[C@@H]3CCC1. The summed E-state index contributed by atoms with van der Waals surface area (Å²) in [5, 5.41) is 1.38. The van der Waals surface area contributed by atoms with Crippen LogP contribution in [0.5, 0.6) is 0 Å². The maximum atomic E-state index is 12.9. The Labute approximate surface area is 140 Å². The zero-order valence-electron chi connectivity index (χ0n) is 13.8. The Morgan fingerprint density at radius 2 is 2.17 bits per heavy atom. The van der Waals surface area contributed by atoms with Crippen molar-refractivity contribution >= 4 is 16.8 Å². The molecule has 3 heterocycles. The quantitative estimate of drug-likeness (QED) is 0.678. The molecular formula is C20H20N2O2. The van der Waals surface area contributed by atoms with Crippen LogP contribution in [0, 0.1) is 6.92 Å². The van der Waals surface area contributed by atoms with E-state index in [0.717, 1.165) is 32.4 Å². The van der Waals surface area contributed by atoms with Crippen molar-refractivity contribution in [3.05, 3.63) is 59.2 Å². The van der Waals surface area contributed by atoms with Gasteiger partial charge in [0.15, 0.2) is 5.76 Å². The number of hydrogen-bond acceptors (Lipinski definition) is 2. The Bertz CT molecular complexity index is 936. The molecule has 0 N–H and O–H groups in total. The van der Waals surface area contributed by atoms with Gasteiger partial charge in [-0.25, -0.2) is 0 Å². The van der Waals surface area contributed by atoms with Gasteiger partial charge in [0.25, 0.3) is 5.91 Å². The van der Waals surface area contributed by atoms with Crippen molar-refractivity contribution in [3.8, 4) is 0 Å². The predicted molar refractivity (Wildman–Crippen MR) is 92.1 cm³/mol. The van der Waals surface area contributed by atoms with E-state index in [1.54, 1.807) is 18.4 Å². The summed E-state index contributed by atoms with van der Waals surface area (Å²) >= 11 is 0. The molecular weight excluding hydrogens is 300 g/mol. The number of aryl methyl sites for hydroxylation is 2. The molecule has 2 aromatic heterocycles. The summed E-state index contributed by atoms with van der Waals surface area (Å²) in [5.74, 6) is 0.466. The van der Waals surface area contributed by atoms with Crippen LogP contribution in [0.4, 0.5) is 0 Å². The number of fused-ring (bicyclic) bond motifs is 3. The summed E-state index contributed by atoms with van der Waals surface area (Å²) in [6.07, 6.45) is 4.85. The second kappa shape index (κ2) is 5.00. The minimum Gasteiger partial charge on any atom is -0.459 e. The summed E-state index contributed by atoms with van der Waals surface area (Å²) in [6, 6.07) is 10.4. The maximum absolute atomic E-state index is 12.9. The molecule has 4 heteroatoms. The van der Waals surface area contributed by atoms with Crippen molar-refractivity contribution in [2.24, 2.45) is 0 Å². The molecule has 1 aliphatic heterocycles. The summed E-state index contributed by atoms with van der Waals surface area (Å²) in [5.41, 5.74) is 5.42. The van der Waals surface area contributed by atoms with E-state index in [1.165, 1.54) is 27.7 Å². The van der Waals surface area contributed by atoms with E-state index in [2.05, 4.69) is 29.7 Å². The van der Waals surface area contributed by atoms with Gasteiger partial charge in [0.05, 0.1) is 12.3 Å². The van der Waals surface area contributed by atoms with Crippen LogP contribution in [-0.2, 0) is 13.0 Å². The van der Waals surface area contributed by atoms with Crippen LogP contribution in [0.2, 0.25) is 0 Å². The molecule has 4 nitrogen and oxygen atoms in total. The molecule has 0 saturated carbocycles. The normalized spacial score (nSPS) is 19.5. The molecule has 0 radical (unpaired) electrons. The summed E-state index contributed by atoms with van der Waals surface area (Å²) in [4.78, 5) is 14.9. The maximum Gasteiger partial charge on any atom is 0.290 e. The second-order valence-corrected chi connectivity index (χ2v) is 6.92. The molecule has 2 aliphatic rings. The Kier molecular flexibility index (Phi) is 2.90. The van der Waals surface area contributed by atoms with E-state index >= 15 is 0 Å². The van der Waals surface area contributed by atoms with E-state index in [9.17, 15) is 4.79 Å². The highest BCUT2D eigenvalue weighted by molar-refractivity contribution is 5.93. The van der Waals surface area contributed by atoms with Crippen molar-refractivity contribution in [1.82, 2.24) is 9.47 Å². The smallest absolute Gasteiger partial charge is 0.290 e. The fourth-order valence-electron chi connectivity index (χ4n) is 4.50. The van der Waals surface area contributed by atoms with Gasteiger partial charge in [-0.05, 0) is 56.0 Å². The fourth-order valence-corrected chi connectivity index (χ4v) is 4.50. The van der Waals surface area contributed by atoms with Gasteiger partial charge in [-0.3, -0.25) is 4.79 Å². The molecule has 0 unspecified atom stereocenters. The molecule has 1 atom stereocenters. The Hall–Kier alpha value is -2.49. The van der Waals surface area contributed by atoms with Crippen LogP contribution in [0.3, 0.4) is 0 Å². The summed E-state index contributed by atoms with van der Waals surface area (Å²) in [6.45, 7) is 3.75. The number of furan rings is 1. The molecule has 0 fully saturated rings. The Morgan fingerprint density at radius 3 is 3.00 bits per heavy atom. The number of nitrogens with zero attached hydrogens (tertiary/aromatic N) is 2. The number of rotatable bonds is 1. The highest BCUT2D eigenvalue weighted by atomic mass is 16.3. The molecule has 1 amide bonds. The van der Waals surface area contributed by atoms with Crippen molar-refractivity contribution in [2.75, 3.05) is 6.54 Å². The number of hydrogen-bond donors (Lipinski definition) is 0. The monoisotopic (exact) mass is 320 g/mol. The van der Waals surface area contributed by atoms with E-state index in [-0.39, 0.29) is 11.9 Å². The largest absolute Gasteiger partial charge is 0.459 e. The number of carbonyl (C=O) groups is 1.